The van der Waals surface area contributed by atoms with Crippen molar-refractivity contribution >= 4 is 34.7 Å². The molecule has 3 aromatic heterocycles. The summed E-state index contributed by atoms with van der Waals surface area (Å²) in [7, 11) is 0. The fraction of sp³-hybridized carbons (Fsp3) is 0.0968. The predicted molar refractivity (Wildman–Crippen MR) is 161 cm³/mol. The van der Waals surface area contributed by atoms with Crippen LogP contribution in [0.2, 0.25) is 0 Å². The van der Waals surface area contributed by atoms with Gasteiger partial charge in [0, 0.05) is 53.6 Å². The van der Waals surface area contributed by atoms with E-state index >= 15 is 0 Å². The Balaban J connectivity index is 1.57. The van der Waals surface area contributed by atoms with E-state index in [0.29, 0.717) is 24.0 Å². The van der Waals surface area contributed by atoms with Gasteiger partial charge in [-0.25, -0.2) is 0 Å². The molecule has 0 radical (unpaired) electrons. The van der Waals surface area contributed by atoms with Gasteiger partial charge in [-0.3, -0.25) is 20.8 Å². The minimum Gasteiger partial charge on any atom is -0.324 e. The van der Waals surface area contributed by atoms with Gasteiger partial charge in [-0.1, -0.05) is 48.5 Å². The van der Waals surface area contributed by atoms with Crippen LogP contribution in [0.4, 0.5) is 23.3 Å². The largest absolute Gasteiger partial charge is 0.324 e. The van der Waals surface area contributed by atoms with Crippen LogP contribution < -0.4 is 16.2 Å². The van der Waals surface area contributed by atoms with Crippen molar-refractivity contribution in [1.82, 2.24) is 19.9 Å². The van der Waals surface area contributed by atoms with Crippen molar-refractivity contribution in [2.24, 2.45) is 10.2 Å². The smallest absolute Gasteiger partial charge is 0.231 e. The standard InChI is InChI=1S/C31H29N9/c1-22(25-13-17-32-18-14-25)37-39-29-28(21-24-9-5-3-6-10-24)30(40-38-23(2)26-15-19-33-20-16-26)36-31(35-29)34-27-11-7-4-8-12-27/h3-20H,21H2,1-2H3,(H3,34,35,36,39,40). The SMILES string of the molecule is CC(=NNc1nc(Nc2ccccc2)nc(NN=C(C)c2ccncc2)c1Cc1ccccc1)c1ccncc1. The third-order valence-electron chi connectivity index (χ3n) is 6.12. The van der Waals surface area contributed by atoms with Crippen LogP contribution in [-0.4, -0.2) is 31.4 Å². The first kappa shape index (κ1) is 26.2. The highest BCUT2D eigenvalue weighted by molar-refractivity contribution is 5.99. The molecule has 0 spiro atoms. The highest BCUT2D eigenvalue weighted by Crippen LogP contribution is 2.28. The molecule has 0 bridgehead atoms. The first-order valence-corrected chi connectivity index (χ1v) is 12.8. The molecule has 0 aliphatic rings. The Bertz CT molecular complexity index is 1510. The van der Waals surface area contributed by atoms with Gasteiger partial charge in [0.2, 0.25) is 5.95 Å². The van der Waals surface area contributed by atoms with Gasteiger partial charge in [-0.15, -0.1) is 0 Å². The van der Waals surface area contributed by atoms with Crippen molar-refractivity contribution in [1.29, 1.82) is 0 Å². The number of benzene rings is 2. The van der Waals surface area contributed by atoms with Crippen LogP contribution in [-0.2, 0) is 6.42 Å². The Morgan fingerprint density at radius 2 is 1.10 bits per heavy atom. The topological polar surface area (TPSA) is 112 Å². The molecule has 9 heteroatoms. The number of rotatable bonds is 10. The summed E-state index contributed by atoms with van der Waals surface area (Å²) in [4.78, 5) is 17.8. The van der Waals surface area contributed by atoms with Crippen molar-refractivity contribution in [3.8, 4) is 0 Å². The van der Waals surface area contributed by atoms with Crippen LogP contribution in [0.25, 0.3) is 0 Å². The lowest BCUT2D eigenvalue weighted by atomic mass is 10.1. The van der Waals surface area contributed by atoms with E-state index in [-0.39, 0.29) is 0 Å². The fourth-order valence-electron chi connectivity index (χ4n) is 3.93. The molecule has 9 nitrogen and oxygen atoms in total. The van der Waals surface area contributed by atoms with Crippen molar-refractivity contribution in [3.63, 3.8) is 0 Å². The summed E-state index contributed by atoms with van der Waals surface area (Å²) in [6.07, 6.45) is 7.53. The average Bonchev–Trinajstić information content (AvgIpc) is 3.01. The summed E-state index contributed by atoms with van der Waals surface area (Å²) in [5, 5.41) is 12.6. The molecule has 2 aromatic carbocycles. The maximum Gasteiger partial charge on any atom is 0.231 e. The molecule has 0 saturated heterocycles. The highest BCUT2D eigenvalue weighted by Gasteiger charge is 2.16. The predicted octanol–water partition coefficient (Wildman–Crippen LogP) is 6.27. The minimum absolute atomic E-state index is 0.404. The van der Waals surface area contributed by atoms with Gasteiger partial charge in [0.1, 0.15) is 0 Å². The second kappa shape index (κ2) is 12.9. The molecule has 0 saturated carbocycles. The van der Waals surface area contributed by atoms with Gasteiger partial charge in [-0.05, 0) is 55.8 Å². The first-order valence-electron chi connectivity index (χ1n) is 12.8. The fourth-order valence-corrected chi connectivity index (χ4v) is 3.93. The van der Waals surface area contributed by atoms with Gasteiger partial charge in [0.25, 0.3) is 0 Å². The van der Waals surface area contributed by atoms with Crippen LogP contribution in [0.3, 0.4) is 0 Å². The molecule has 3 N–H and O–H groups in total. The number of aromatic nitrogens is 4. The number of anilines is 4. The normalized spacial score (nSPS) is 11.7. The summed E-state index contributed by atoms with van der Waals surface area (Å²) in [5.74, 6) is 1.52. The Morgan fingerprint density at radius 1 is 0.625 bits per heavy atom. The molecule has 0 atom stereocenters. The molecule has 40 heavy (non-hydrogen) atoms. The van der Waals surface area contributed by atoms with E-state index in [1.54, 1.807) is 24.8 Å². The first-order chi connectivity index (χ1) is 19.7. The molecule has 0 aliphatic heterocycles. The summed E-state index contributed by atoms with van der Waals surface area (Å²) < 4.78 is 0. The summed E-state index contributed by atoms with van der Waals surface area (Å²) in [5.41, 5.74) is 12.7. The second-order valence-electron chi connectivity index (χ2n) is 8.97. The van der Waals surface area contributed by atoms with E-state index in [2.05, 4.69) is 48.5 Å². The van der Waals surface area contributed by atoms with Crippen LogP contribution in [0.15, 0.2) is 120 Å². The molecule has 5 aromatic rings. The number of hydrogen-bond donors (Lipinski definition) is 3. The van der Waals surface area contributed by atoms with Crippen LogP contribution in [0.1, 0.15) is 36.1 Å². The van der Waals surface area contributed by atoms with Gasteiger partial charge in [0.15, 0.2) is 11.6 Å². The molecule has 3 heterocycles. The molecule has 198 valence electrons. The van der Waals surface area contributed by atoms with E-state index in [9.17, 15) is 0 Å². The Kier molecular flexibility index (Phi) is 8.43. The molecule has 5 rings (SSSR count). The Morgan fingerprint density at radius 3 is 1.60 bits per heavy atom. The zero-order valence-corrected chi connectivity index (χ0v) is 22.3. The van der Waals surface area contributed by atoms with E-state index in [1.807, 2.05) is 86.6 Å². The molecule has 0 aliphatic carbocycles. The number of pyridine rings is 2. The number of para-hydroxylation sites is 1. The van der Waals surface area contributed by atoms with E-state index in [4.69, 9.17) is 9.97 Å². The van der Waals surface area contributed by atoms with Crippen LogP contribution >= 0.6 is 0 Å². The lowest BCUT2D eigenvalue weighted by Gasteiger charge is -2.16. The molecule has 0 fully saturated rings. The summed E-state index contributed by atoms with van der Waals surface area (Å²) in [6, 6.07) is 27.6. The van der Waals surface area contributed by atoms with Gasteiger partial charge >= 0.3 is 0 Å². The maximum absolute atomic E-state index is 4.83. The second-order valence-corrected chi connectivity index (χ2v) is 8.97. The Hall–Kier alpha value is -5.44. The number of hydrogen-bond acceptors (Lipinski definition) is 9. The van der Waals surface area contributed by atoms with Gasteiger partial charge < -0.3 is 5.32 Å². The highest BCUT2D eigenvalue weighted by atomic mass is 15.4. The van der Waals surface area contributed by atoms with Crippen molar-refractivity contribution < 1.29 is 0 Å². The third kappa shape index (κ3) is 6.90. The third-order valence-corrected chi connectivity index (χ3v) is 6.12. The average molecular weight is 528 g/mol. The molecular weight excluding hydrogens is 498 g/mol. The van der Waals surface area contributed by atoms with E-state index in [0.717, 1.165) is 39.4 Å². The van der Waals surface area contributed by atoms with Crippen molar-refractivity contribution in [2.75, 3.05) is 16.2 Å². The Labute approximate surface area is 233 Å². The van der Waals surface area contributed by atoms with Crippen LogP contribution in [0, 0.1) is 0 Å². The van der Waals surface area contributed by atoms with E-state index in [1.165, 1.54) is 0 Å². The lowest BCUT2D eigenvalue weighted by Crippen LogP contribution is -2.11. The van der Waals surface area contributed by atoms with Crippen LogP contribution in [0.5, 0.6) is 0 Å². The quantitative estimate of drug-likeness (QED) is 0.145. The van der Waals surface area contributed by atoms with Crippen molar-refractivity contribution in [3.05, 3.63) is 132 Å². The van der Waals surface area contributed by atoms with Gasteiger partial charge in [-0.2, -0.15) is 20.2 Å². The number of hydrazone groups is 2. The van der Waals surface area contributed by atoms with Crippen molar-refractivity contribution in [2.45, 2.75) is 20.3 Å². The van der Waals surface area contributed by atoms with E-state index < -0.39 is 0 Å². The molecule has 0 amide bonds. The van der Waals surface area contributed by atoms with Gasteiger partial charge in [0.05, 0.1) is 11.4 Å². The zero-order chi connectivity index (χ0) is 27.6. The molecular formula is C31H29N9. The molecule has 0 unspecified atom stereocenters. The summed E-state index contributed by atoms with van der Waals surface area (Å²) >= 11 is 0. The minimum atomic E-state index is 0.404. The maximum atomic E-state index is 4.83. The monoisotopic (exact) mass is 527 g/mol. The summed E-state index contributed by atoms with van der Waals surface area (Å²) in [6.45, 7) is 3.87. The lowest BCUT2D eigenvalue weighted by molar-refractivity contribution is 1.05. The number of nitrogens with one attached hydrogen (secondary N) is 3. The zero-order valence-electron chi connectivity index (χ0n) is 22.3. The number of nitrogens with zero attached hydrogens (tertiary/aromatic N) is 6.